The van der Waals surface area contributed by atoms with Crippen LogP contribution in [0, 0.1) is 0 Å². The van der Waals surface area contributed by atoms with Crippen molar-refractivity contribution < 1.29 is 23.9 Å². The van der Waals surface area contributed by atoms with Gasteiger partial charge in [-0.05, 0) is 41.7 Å². The molecule has 2 aromatic rings. The monoisotopic (exact) mass is 520 g/mol. The second-order valence-corrected chi connectivity index (χ2v) is 9.59. The lowest BCUT2D eigenvalue weighted by molar-refractivity contribution is -0.142. The van der Waals surface area contributed by atoms with Crippen LogP contribution in [0.3, 0.4) is 0 Å². The zero-order valence-corrected chi connectivity index (χ0v) is 21.8. The lowest BCUT2D eigenvalue weighted by atomic mass is 10.1. The number of methoxy groups -OCH3 is 1. The molecule has 2 fully saturated rings. The fourth-order valence-corrected chi connectivity index (χ4v) is 4.07. The molecule has 2 aromatic carbocycles. The number of benzene rings is 2. The first-order chi connectivity index (χ1) is 18.5. The molecule has 9 nitrogen and oxygen atoms in total. The molecule has 202 valence electrons. The minimum atomic E-state index is -0.983. The highest BCUT2D eigenvalue weighted by molar-refractivity contribution is 5.97. The van der Waals surface area contributed by atoms with Gasteiger partial charge in [-0.1, -0.05) is 48.6 Å². The number of carbonyl (C=O) groups is 3. The molecule has 1 aliphatic carbocycles. The standard InChI is InChI=1S/C29H36N4O5/c1-37-29(36)26(18-31-27(34)19-30-25-12-13-25)32-28(35)24-10-8-22(9-11-24)3-2-21-4-6-23(7-5-21)20-33-14-16-38-17-15-33/h2-11,25-26,30H,12-20H2,1H3,(H,31,34)(H,32,35)/b3-2+/t26-/m0/s1. The van der Waals surface area contributed by atoms with Crippen LogP contribution in [0.5, 0.6) is 0 Å². The van der Waals surface area contributed by atoms with Crippen molar-refractivity contribution in [2.45, 2.75) is 31.5 Å². The maximum atomic E-state index is 12.7. The number of ether oxygens (including phenoxy) is 2. The Morgan fingerprint density at radius 1 is 1.00 bits per heavy atom. The molecule has 0 aromatic heterocycles. The average Bonchev–Trinajstić information content (AvgIpc) is 3.79. The van der Waals surface area contributed by atoms with Gasteiger partial charge >= 0.3 is 5.97 Å². The summed E-state index contributed by atoms with van der Waals surface area (Å²) in [4.78, 5) is 39.3. The van der Waals surface area contributed by atoms with Crippen LogP contribution in [-0.2, 0) is 25.6 Å². The second-order valence-electron chi connectivity index (χ2n) is 9.59. The van der Waals surface area contributed by atoms with Crippen LogP contribution in [0.25, 0.3) is 12.2 Å². The molecule has 1 saturated heterocycles. The van der Waals surface area contributed by atoms with E-state index in [1.54, 1.807) is 12.1 Å². The Kier molecular flexibility index (Phi) is 10.0. The van der Waals surface area contributed by atoms with Crippen LogP contribution in [0.1, 0.15) is 39.9 Å². The van der Waals surface area contributed by atoms with Crippen LogP contribution in [0.4, 0.5) is 0 Å². The van der Waals surface area contributed by atoms with E-state index in [0.717, 1.165) is 56.8 Å². The number of morpholine rings is 1. The van der Waals surface area contributed by atoms with Crippen molar-refractivity contribution in [2.75, 3.05) is 46.5 Å². The number of hydrogen-bond donors (Lipinski definition) is 3. The van der Waals surface area contributed by atoms with Gasteiger partial charge in [0, 0.05) is 37.8 Å². The summed E-state index contributed by atoms with van der Waals surface area (Å²) in [5, 5.41) is 8.43. The molecule has 1 heterocycles. The first-order valence-corrected chi connectivity index (χ1v) is 13.1. The predicted octanol–water partition coefficient (Wildman–Crippen LogP) is 1.83. The van der Waals surface area contributed by atoms with Gasteiger partial charge in [-0.2, -0.15) is 0 Å². The van der Waals surface area contributed by atoms with Gasteiger partial charge in [0.15, 0.2) is 0 Å². The maximum absolute atomic E-state index is 12.7. The van der Waals surface area contributed by atoms with Gasteiger partial charge in [0.05, 0.1) is 26.9 Å². The van der Waals surface area contributed by atoms with Crippen molar-refractivity contribution in [3.8, 4) is 0 Å². The van der Waals surface area contributed by atoms with E-state index in [-0.39, 0.29) is 19.0 Å². The lowest BCUT2D eigenvalue weighted by Crippen LogP contribution is -2.50. The summed E-state index contributed by atoms with van der Waals surface area (Å²) in [6.45, 7) is 4.59. The number of nitrogens with zero attached hydrogens (tertiary/aromatic N) is 1. The summed E-state index contributed by atoms with van der Waals surface area (Å²) in [5.74, 6) is -1.27. The van der Waals surface area contributed by atoms with Crippen molar-refractivity contribution in [1.29, 1.82) is 0 Å². The molecule has 2 amide bonds. The van der Waals surface area contributed by atoms with Crippen molar-refractivity contribution in [3.05, 3.63) is 70.8 Å². The van der Waals surface area contributed by atoms with Gasteiger partial charge < -0.3 is 25.4 Å². The fourth-order valence-electron chi connectivity index (χ4n) is 4.07. The Morgan fingerprint density at radius 2 is 1.63 bits per heavy atom. The molecule has 9 heteroatoms. The first-order valence-electron chi connectivity index (χ1n) is 13.1. The maximum Gasteiger partial charge on any atom is 0.330 e. The smallest absolute Gasteiger partial charge is 0.330 e. The number of amides is 2. The van der Waals surface area contributed by atoms with Crippen LogP contribution < -0.4 is 16.0 Å². The molecule has 1 saturated carbocycles. The SMILES string of the molecule is COC(=O)[C@H](CNC(=O)CNC1CC1)NC(=O)c1ccc(/C=C/c2ccc(CN3CCOCC3)cc2)cc1. The molecule has 1 atom stereocenters. The Morgan fingerprint density at radius 3 is 2.24 bits per heavy atom. The zero-order chi connectivity index (χ0) is 26.7. The van der Waals surface area contributed by atoms with Gasteiger partial charge in [0.25, 0.3) is 5.91 Å². The lowest BCUT2D eigenvalue weighted by Gasteiger charge is -2.26. The average molecular weight is 521 g/mol. The topological polar surface area (TPSA) is 109 Å². The molecule has 2 aliphatic rings. The van der Waals surface area contributed by atoms with Gasteiger partial charge in [-0.25, -0.2) is 4.79 Å². The highest BCUT2D eigenvalue weighted by Gasteiger charge is 2.24. The predicted molar refractivity (Wildman–Crippen MR) is 145 cm³/mol. The minimum absolute atomic E-state index is 0.0460. The molecular weight excluding hydrogens is 484 g/mol. The third-order valence-corrected chi connectivity index (χ3v) is 6.55. The van der Waals surface area contributed by atoms with Crippen molar-refractivity contribution in [3.63, 3.8) is 0 Å². The quantitative estimate of drug-likeness (QED) is 0.289. The largest absolute Gasteiger partial charge is 0.467 e. The Hall–Kier alpha value is -3.53. The zero-order valence-electron chi connectivity index (χ0n) is 21.8. The van der Waals surface area contributed by atoms with E-state index in [9.17, 15) is 14.4 Å². The van der Waals surface area contributed by atoms with Crippen LogP contribution in [0.2, 0.25) is 0 Å². The van der Waals surface area contributed by atoms with Crippen molar-refractivity contribution in [1.82, 2.24) is 20.9 Å². The first kappa shape index (κ1) is 27.5. The number of nitrogens with one attached hydrogen (secondary N) is 3. The van der Waals surface area contributed by atoms with Gasteiger partial charge in [-0.15, -0.1) is 0 Å². The van der Waals surface area contributed by atoms with Crippen molar-refractivity contribution >= 4 is 29.9 Å². The fraction of sp³-hybridized carbons (Fsp3) is 0.414. The van der Waals surface area contributed by atoms with E-state index in [4.69, 9.17) is 9.47 Å². The van der Waals surface area contributed by atoms with E-state index < -0.39 is 17.9 Å². The molecule has 0 unspecified atom stereocenters. The number of esters is 1. The molecule has 0 radical (unpaired) electrons. The van der Waals surface area contributed by atoms with Crippen LogP contribution in [-0.4, -0.2) is 81.3 Å². The molecule has 1 aliphatic heterocycles. The highest BCUT2D eigenvalue weighted by atomic mass is 16.5. The number of carbonyl (C=O) groups excluding carboxylic acids is 3. The molecule has 0 bridgehead atoms. The normalized spacial score (nSPS) is 16.7. The van der Waals surface area contributed by atoms with Gasteiger partial charge in [0.2, 0.25) is 5.91 Å². The van der Waals surface area contributed by atoms with Crippen LogP contribution in [0.15, 0.2) is 48.5 Å². The Labute approximate surface area is 223 Å². The highest BCUT2D eigenvalue weighted by Crippen LogP contribution is 2.18. The van der Waals surface area contributed by atoms with E-state index >= 15 is 0 Å². The third-order valence-electron chi connectivity index (χ3n) is 6.55. The number of hydrogen-bond acceptors (Lipinski definition) is 7. The van der Waals surface area contributed by atoms with E-state index in [0.29, 0.717) is 11.6 Å². The summed E-state index contributed by atoms with van der Waals surface area (Å²) >= 11 is 0. The molecule has 38 heavy (non-hydrogen) atoms. The number of rotatable bonds is 12. The van der Waals surface area contributed by atoms with Gasteiger partial charge in [0.1, 0.15) is 6.04 Å². The van der Waals surface area contributed by atoms with Crippen LogP contribution >= 0.6 is 0 Å². The van der Waals surface area contributed by atoms with Gasteiger partial charge in [-0.3, -0.25) is 14.5 Å². The van der Waals surface area contributed by atoms with E-state index in [1.807, 2.05) is 24.3 Å². The Balaban J connectivity index is 1.26. The van der Waals surface area contributed by atoms with Crippen molar-refractivity contribution in [2.24, 2.45) is 0 Å². The summed E-state index contributed by atoms with van der Waals surface area (Å²) in [5.41, 5.74) is 3.72. The van der Waals surface area contributed by atoms with E-state index in [1.165, 1.54) is 12.7 Å². The summed E-state index contributed by atoms with van der Waals surface area (Å²) in [6.07, 6.45) is 6.17. The molecule has 3 N–H and O–H groups in total. The summed E-state index contributed by atoms with van der Waals surface area (Å²) < 4.78 is 10.2. The molecule has 0 spiro atoms. The third kappa shape index (κ3) is 8.79. The second kappa shape index (κ2) is 13.9. The summed E-state index contributed by atoms with van der Waals surface area (Å²) in [6, 6.07) is 15.0. The van der Waals surface area contributed by atoms with E-state index in [2.05, 4.69) is 45.1 Å². The Bertz CT molecular complexity index is 1110. The minimum Gasteiger partial charge on any atom is -0.467 e. The molecule has 4 rings (SSSR count). The summed E-state index contributed by atoms with van der Waals surface area (Å²) in [7, 11) is 1.25. The molecular formula is C29H36N4O5.